The average Bonchev–Trinajstić information content (AvgIpc) is 3.31. The highest BCUT2D eigenvalue weighted by molar-refractivity contribution is 8.14. The highest BCUT2D eigenvalue weighted by Gasteiger charge is 2.27. The highest BCUT2D eigenvalue weighted by atomic mass is 32.2. The fourth-order valence-corrected chi connectivity index (χ4v) is 10.6. The van der Waals surface area contributed by atoms with Gasteiger partial charge in [0.15, 0.2) is 10.2 Å². The van der Waals surface area contributed by atoms with Gasteiger partial charge in [-0.05, 0) is 65.5 Å². The molecule has 3 unspecified atom stereocenters. The zero-order chi connectivity index (χ0) is 50.1. The molecule has 0 saturated carbocycles. The molecule has 0 aliphatic rings. The topological polar surface area (TPSA) is 126 Å². The van der Waals surface area contributed by atoms with Gasteiger partial charge in [-0.1, -0.05) is 218 Å². The molecule has 12 heteroatoms. The lowest BCUT2D eigenvalue weighted by molar-refractivity contribution is -0.156. The van der Waals surface area contributed by atoms with Gasteiger partial charge in [0.05, 0.1) is 13.2 Å². The minimum atomic E-state index is -1.28. The fraction of sp³-hybridized carbons (Fsp3) is 0.911. The summed E-state index contributed by atoms with van der Waals surface area (Å²) in [5.74, 6) is -1.16. The Hall–Kier alpha value is -1.79. The van der Waals surface area contributed by atoms with Gasteiger partial charge in [-0.15, -0.1) is 0 Å². The summed E-state index contributed by atoms with van der Waals surface area (Å²) in [5.41, 5.74) is 0. The lowest BCUT2D eigenvalue weighted by Crippen LogP contribution is -2.31. The Morgan fingerprint density at radius 3 is 1.19 bits per heavy atom. The molecule has 10 nitrogen and oxygen atoms in total. The summed E-state index contributed by atoms with van der Waals surface area (Å²) in [5, 5.41) is 1.55. The molecule has 0 bridgehead atoms. The Morgan fingerprint density at radius 2 is 0.765 bits per heavy atom. The Balaban J connectivity index is 4.57. The molecule has 0 amide bonds. The Labute approximate surface area is 426 Å². The quantitative estimate of drug-likeness (QED) is 0.0327. The maximum absolute atomic E-state index is 13.0. The van der Waals surface area contributed by atoms with Gasteiger partial charge in [0, 0.05) is 42.7 Å². The molecule has 0 fully saturated rings. The van der Waals surface area contributed by atoms with E-state index in [4.69, 9.17) is 18.9 Å². The van der Waals surface area contributed by atoms with E-state index in [1.54, 1.807) is 23.5 Å². The summed E-state index contributed by atoms with van der Waals surface area (Å²) < 4.78 is 21.4. The van der Waals surface area contributed by atoms with Crippen molar-refractivity contribution in [1.82, 2.24) is 4.90 Å². The monoisotopic (exact) mass is 1000 g/mol. The minimum absolute atomic E-state index is 0.0599. The maximum atomic E-state index is 13.0. The van der Waals surface area contributed by atoms with Gasteiger partial charge in [0.2, 0.25) is 6.10 Å². The van der Waals surface area contributed by atoms with Crippen LogP contribution < -0.4 is 0 Å². The van der Waals surface area contributed by atoms with Gasteiger partial charge in [-0.25, -0.2) is 9.59 Å². The predicted molar refractivity (Wildman–Crippen MR) is 288 cm³/mol. The molecule has 0 spiro atoms. The first-order valence-corrected chi connectivity index (χ1v) is 30.0. The van der Waals surface area contributed by atoms with Gasteiger partial charge in [-0.3, -0.25) is 14.4 Å². The van der Waals surface area contributed by atoms with E-state index in [0.29, 0.717) is 46.5 Å². The number of esters is 2. The van der Waals surface area contributed by atoms with Crippen molar-refractivity contribution in [2.45, 2.75) is 288 Å². The number of rotatable bonds is 50. The van der Waals surface area contributed by atoms with Crippen LogP contribution in [0, 0.1) is 0 Å². The Kier molecular flexibility index (Phi) is 48.8. The largest absolute Gasteiger partial charge is 0.509 e. The molecule has 0 radical (unpaired) electrons. The van der Waals surface area contributed by atoms with Crippen molar-refractivity contribution >= 4 is 51.8 Å². The SMILES string of the molecule is CCCCCCCCC(CCCCCC)SC(=O)CCCCCCCOC(=O)CCC(OC(=O)OCCN(C)C)C(=O)OCCCCCCCC(=O)SC(CCCCCC)CCCCCCCC. The summed E-state index contributed by atoms with van der Waals surface area (Å²) in [6.45, 7) is 10.0. The predicted octanol–water partition coefficient (Wildman–Crippen LogP) is 16.3. The van der Waals surface area contributed by atoms with E-state index in [-0.39, 0.29) is 32.7 Å². The van der Waals surface area contributed by atoms with Crippen molar-refractivity contribution in [2.24, 2.45) is 0 Å². The second-order valence-corrected chi connectivity index (χ2v) is 22.2. The molecule has 0 aromatic heterocycles. The number of ether oxygens (including phenoxy) is 4. The number of carbonyl (C=O) groups excluding carboxylic acids is 5. The molecule has 0 rings (SSSR count). The lowest BCUT2D eigenvalue weighted by Gasteiger charge is -2.17. The number of thioether (sulfide) groups is 2. The van der Waals surface area contributed by atoms with E-state index < -0.39 is 24.2 Å². The zero-order valence-electron chi connectivity index (χ0n) is 44.9. The van der Waals surface area contributed by atoms with Crippen LogP contribution in [0.2, 0.25) is 0 Å². The van der Waals surface area contributed by atoms with Crippen molar-refractivity contribution in [3.63, 3.8) is 0 Å². The van der Waals surface area contributed by atoms with E-state index in [9.17, 15) is 24.0 Å². The molecule has 0 aliphatic heterocycles. The van der Waals surface area contributed by atoms with E-state index in [0.717, 1.165) is 83.5 Å². The smallest absolute Gasteiger partial charge is 0.466 e. The molecular formula is C56H105NO9S2. The first-order valence-electron chi connectivity index (χ1n) is 28.2. The number of hydrogen-bond donors (Lipinski definition) is 0. The first kappa shape index (κ1) is 66.2. The van der Waals surface area contributed by atoms with Gasteiger partial charge in [0.1, 0.15) is 6.61 Å². The number of nitrogens with zero attached hydrogens (tertiary/aromatic N) is 1. The first-order chi connectivity index (χ1) is 33.1. The average molecular weight is 1000 g/mol. The van der Waals surface area contributed by atoms with Crippen molar-refractivity contribution in [3.05, 3.63) is 0 Å². The lowest BCUT2D eigenvalue weighted by atomic mass is 10.0. The van der Waals surface area contributed by atoms with Crippen LogP contribution in [0.5, 0.6) is 0 Å². The van der Waals surface area contributed by atoms with Crippen LogP contribution in [0.3, 0.4) is 0 Å². The molecule has 0 N–H and O–H groups in total. The molecule has 0 aliphatic carbocycles. The van der Waals surface area contributed by atoms with Crippen LogP contribution in [0.4, 0.5) is 4.79 Å². The molecule has 0 saturated heterocycles. The number of hydrogen-bond acceptors (Lipinski definition) is 12. The molecule has 3 atom stereocenters. The highest BCUT2D eigenvalue weighted by Crippen LogP contribution is 2.28. The van der Waals surface area contributed by atoms with Crippen molar-refractivity contribution in [2.75, 3.05) is 40.5 Å². The summed E-state index contributed by atoms with van der Waals surface area (Å²) in [6.07, 6.45) is 37.5. The van der Waals surface area contributed by atoms with Gasteiger partial charge in [-0.2, -0.15) is 0 Å². The molecule has 0 aromatic carbocycles. The van der Waals surface area contributed by atoms with E-state index in [1.165, 1.54) is 128 Å². The summed E-state index contributed by atoms with van der Waals surface area (Å²) in [6, 6.07) is 0. The second kappa shape index (κ2) is 50.2. The maximum Gasteiger partial charge on any atom is 0.509 e. The van der Waals surface area contributed by atoms with Crippen LogP contribution in [-0.4, -0.2) is 90.3 Å². The molecular weight excluding hydrogens is 895 g/mol. The Morgan fingerprint density at radius 1 is 0.397 bits per heavy atom. The van der Waals surface area contributed by atoms with Gasteiger partial charge < -0.3 is 23.8 Å². The zero-order valence-corrected chi connectivity index (χ0v) is 46.5. The summed E-state index contributed by atoms with van der Waals surface area (Å²) in [4.78, 5) is 65.7. The molecule has 68 heavy (non-hydrogen) atoms. The third-order valence-corrected chi connectivity index (χ3v) is 15.1. The van der Waals surface area contributed by atoms with Crippen LogP contribution in [-0.2, 0) is 38.1 Å². The van der Waals surface area contributed by atoms with Crippen LogP contribution in [0.15, 0.2) is 0 Å². The molecule has 400 valence electrons. The third kappa shape index (κ3) is 45.4. The van der Waals surface area contributed by atoms with E-state index in [2.05, 4.69) is 27.7 Å². The molecule has 0 aromatic rings. The summed E-state index contributed by atoms with van der Waals surface area (Å²) >= 11 is 3.20. The third-order valence-electron chi connectivity index (χ3n) is 12.5. The Bertz CT molecular complexity index is 1200. The van der Waals surface area contributed by atoms with E-state index >= 15 is 0 Å². The van der Waals surface area contributed by atoms with Crippen LogP contribution in [0.25, 0.3) is 0 Å². The normalized spacial score (nSPS) is 12.8. The number of unbranched alkanes of at least 4 members (excludes halogenated alkanes) is 24. The fourth-order valence-electron chi connectivity index (χ4n) is 8.18. The van der Waals surface area contributed by atoms with Gasteiger partial charge in [0.25, 0.3) is 0 Å². The van der Waals surface area contributed by atoms with Crippen molar-refractivity contribution in [3.8, 4) is 0 Å². The van der Waals surface area contributed by atoms with Crippen LogP contribution >= 0.6 is 23.5 Å². The minimum Gasteiger partial charge on any atom is -0.466 e. The van der Waals surface area contributed by atoms with Gasteiger partial charge >= 0.3 is 18.1 Å². The second-order valence-electron chi connectivity index (χ2n) is 19.5. The van der Waals surface area contributed by atoms with E-state index in [1.807, 2.05) is 19.0 Å². The van der Waals surface area contributed by atoms with Crippen LogP contribution in [0.1, 0.15) is 272 Å². The summed E-state index contributed by atoms with van der Waals surface area (Å²) in [7, 11) is 3.71. The molecule has 0 heterocycles. The number of carbonyl (C=O) groups is 5. The van der Waals surface area contributed by atoms with Crippen molar-refractivity contribution < 1.29 is 42.9 Å². The number of likely N-dealkylation sites (N-methyl/N-ethyl adjacent to an activating group) is 1. The standard InChI is InChI=1S/C56H105NO9S2/c1-7-11-15-19-23-31-39-49(37-29-17-13-9-3)67-53(59)41-33-25-21-27-35-46-63-52(58)44-43-51(66-56(62)65-48-45-57(5)6)55(61)64-47-36-28-22-26-34-42-54(60)68-50(38-30-18-14-10-4)40-32-24-20-16-12-8-2/h49-51H,7-48H2,1-6H3. The van der Waals surface area contributed by atoms with Crippen molar-refractivity contribution in [1.29, 1.82) is 0 Å².